The number of rotatable bonds is 3. The maximum absolute atomic E-state index is 14.1. The zero-order chi connectivity index (χ0) is 13.2. The number of nitrogens with zero attached hydrogens (tertiary/aromatic N) is 3. The minimum absolute atomic E-state index is 0.105. The monoisotopic (exact) mass is 260 g/mol. The first-order valence-corrected chi connectivity index (χ1v) is 5.99. The highest BCUT2D eigenvalue weighted by Gasteiger charge is 2.21. The Balaban J connectivity index is 1.88. The van der Waals surface area contributed by atoms with E-state index in [1.807, 2.05) is 6.07 Å². The van der Waals surface area contributed by atoms with Crippen LogP contribution in [0, 0.1) is 5.82 Å². The smallest absolute Gasteiger partial charge is 0.147 e. The minimum atomic E-state index is -0.325. The van der Waals surface area contributed by atoms with Crippen LogP contribution in [0.1, 0.15) is 12.0 Å². The molecule has 0 saturated heterocycles. The molecular weight excluding hydrogens is 247 g/mol. The van der Waals surface area contributed by atoms with Gasteiger partial charge in [-0.25, -0.2) is 9.37 Å². The van der Waals surface area contributed by atoms with Crippen molar-refractivity contribution in [1.29, 1.82) is 0 Å². The molecule has 3 rings (SSSR count). The molecule has 98 valence electrons. The molecule has 2 N–H and O–H groups in total. The molecule has 1 aromatic carbocycles. The number of benzene rings is 1. The van der Waals surface area contributed by atoms with Crippen molar-refractivity contribution in [2.45, 2.75) is 12.5 Å². The summed E-state index contributed by atoms with van der Waals surface area (Å²) in [4.78, 5) is 9.04. The molecule has 0 radical (unpaired) electrons. The van der Waals surface area contributed by atoms with Gasteiger partial charge in [-0.15, -0.1) is 0 Å². The van der Waals surface area contributed by atoms with Gasteiger partial charge in [-0.05, 0) is 12.1 Å². The summed E-state index contributed by atoms with van der Waals surface area (Å²) >= 11 is 0. The second-order valence-electron chi connectivity index (χ2n) is 4.34. The Bertz CT molecular complexity index is 609. The molecule has 2 aromatic rings. The van der Waals surface area contributed by atoms with Crippen LogP contribution < -0.4 is 5.73 Å². The van der Waals surface area contributed by atoms with Gasteiger partial charge in [0, 0.05) is 30.9 Å². The molecule has 6 heteroatoms. The van der Waals surface area contributed by atoms with Crippen LogP contribution in [0.25, 0.3) is 5.69 Å². The van der Waals surface area contributed by atoms with E-state index < -0.39 is 0 Å². The molecule has 0 saturated carbocycles. The number of imidazole rings is 1. The topological polar surface area (TPSA) is 65.4 Å². The number of hydrogen-bond acceptors (Lipinski definition) is 4. The Hall–Kier alpha value is -2.21. The van der Waals surface area contributed by atoms with Crippen molar-refractivity contribution >= 4 is 5.71 Å². The molecule has 5 nitrogen and oxygen atoms in total. The van der Waals surface area contributed by atoms with E-state index >= 15 is 0 Å². The molecule has 19 heavy (non-hydrogen) atoms. The summed E-state index contributed by atoms with van der Waals surface area (Å²) in [6, 6.07) is 4.97. The Morgan fingerprint density at radius 2 is 2.37 bits per heavy atom. The van der Waals surface area contributed by atoms with Gasteiger partial charge >= 0.3 is 0 Å². The molecule has 1 aromatic heterocycles. The number of halogens is 1. The third-order valence-electron chi connectivity index (χ3n) is 3.06. The van der Waals surface area contributed by atoms with Gasteiger partial charge in [-0.1, -0.05) is 11.2 Å². The van der Waals surface area contributed by atoms with Crippen LogP contribution in [0.3, 0.4) is 0 Å². The average molecular weight is 260 g/mol. The molecule has 1 aliphatic heterocycles. The van der Waals surface area contributed by atoms with Crippen molar-refractivity contribution in [1.82, 2.24) is 9.55 Å². The first kappa shape index (κ1) is 11.9. The normalized spacial score (nSPS) is 18.2. The first-order chi connectivity index (χ1) is 9.28. The summed E-state index contributed by atoms with van der Waals surface area (Å²) < 4.78 is 15.7. The van der Waals surface area contributed by atoms with E-state index in [1.165, 1.54) is 6.07 Å². The van der Waals surface area contributed by atoms with E-state index in [0.29, 0.717) is 18.7 Å². The molecule has 0 aliphatic carbocycles. The summed E-state index contributed by atoms with van der Waals surface area (Å²) in [6.45, 7) is 0.405. The lowest BCUT2D eigenvalue weighted by molar-refractivity contribution is 0.0918. The second kappa shape index (κ2) is 4.81. The van der Waals surface area contributed by atoms with Crippen LogP contribution in [0.5, 0.6) is 0 Å². The number of aromatic nitrogens is 2. The Morgan fingerprint density at radius 3 is 3.00 bits per heavy atom. The van der Waals surface area contributed by atoms with Crippen molar-refractivity contribution in [3.63, 3.8) is 0 Å². The van der Waals surface area contributed by atoms with E-state index in [2.05, 4.69) is 10.1 Å². The van der Waals surface area contributed by atoms with Gasteiger partial charge in [0.2, 0.25) is 0 Å². The van der Waals surface area contributed by atoms with Crippen LogP contribution in [-0.4, -0.2) is 27.9 Å². The van der Waals surface area contributed by atoms with Crippen molar-refractivity contribution in [3.8, 4) is 5.69 Å². The minimum Gasteiger partial charge on any atom is -0.390 e. The predicted octanol–water partition coefficient (Wildman–Crippen LogP) is 1.46. The molecule has 0 bridgehead atoms. The zero-order valence-electron chi connectivity index (χ0n) is 10.2. The van der Waals surface area contributed by atoms with E-state index in [9.17, 15) is 4.39 Å². The van der Waals surface area contributed by atoms with Crippen molar-refractivity contribution < 1.29 is 9.23 Å². The summed E-state index contributed by atoms with van der Waals surface area (Å²) in [5.41, 5.74) is 7.41. The molecular formula is C13H13FN4O. The Labute approximate surface area is 109 Å². The number of nitrogens with two attached hydrogens (primary N) is 1. The third-order valence-corrected chi connectivity index (χ3v) is 3.06. The molecule has 0 amide bonds. The molecule has 2 heterocycles. The third kappa shape index (κ3) is 2.22. The lowest BCUT2D eigenvalue weighted by atomic mass is 10.0. The zero-order valence-corrected chi connectivity index (χ0v) is 10.2. The van der Waals surface area contributed by atoms with Gasteiger partial charge in [0.15, 0.2) is 0 Å². The highest BCUT2D eigenvalue weighted by atomic mass is 19.1. The maximum Gasteiger partial charge on any atom is 0.147 e. The largest absolute Gasteiger partial charge is 0.390 e. The highest BCUT2D eigenvalue weighted by molar-refractivity contribution is 6.01. The lowest BCUT2D eigenvalue weighted by Crippen LogP contribution is -2.20. The highest BCUT2D eigenvalue weighted by Crippen LogP contribution is 2.20. The summed E-state index contributed by atoms with van der Waals surface area (Å²) in [5.74, 6) is -0.325. The van der Waals surface area contributed by atoms with Gasteiger partial charge in [0.05, 0.1) is 17.7 Å². The number of hydrogen-bond donors (Lipinski definition) is 1. The SMILES string of the molecule is NCC1CC(c2ccc(-n3ccnc3)c(F)c2)=NO1. The van der Waals surface area contributed by atoms with E-state index in [0.717, 1.165) is 11.3 Å². The van der Waals surface area contributed by atoms with Crippen molar-refractivity contribution in [2.75, 3.05) is 6.54 Å². The number of oxime groups is 1. The molecule has 0 fully saturated rings. The van der Waals surface area contributed by atoms with Crippen LogP contribution in [0.4, 0.5) is 4.39 Å². The van der Waals surface area contributed by atoms with Crippen LogP contribution in [0.15, 0.2) is 42.1 Å². The fraction of sp³-hybridized carbons (Fsp3) is 0.231. The van der Waals surface area contributed by atoms with Crippen LogP contribution in [0.2, 0.25) is 0 Å². The van der Waals surface area contributed by atoms with Gasteiger partial charge in [0.25, 0.3) is 0 Å². The van der Waals surface area contributed by atoms with Gasteiger partial charge in [-0.3, -0.25) is 0 Å². The van der Waals surface area contributed by atoms with Crippen molar-refractivity contribution in [3.05, 3.63) is 48.3 Å². The lowest BCUT2D eigenvalue weighted by Gasteiger charge is -2.06. The van der Waals surface area contributed by atoms with E-state index in [4.69, 9.17) is 10.6 Å². The van der Waals surface area contributed by atoms with Crippen LogP contribution in [-0.2, 0) is 4.84 Å². The molecule has 1 atom stereocenters. The predicted molar refractivity (Wildman–Crippen MR) is 68.6 cm³/mol. The average Bonchev–Trinajstić information content (AvgIpc) is 3.10. The Morgan fingerprint density at radius 1 is 1.47 bits per heavy atom. The first-order valence-electron chi connectivity index (χ1n) is 5.99. The fourth-order valence-electron chi connectivity index (χ4n) is 2.02. The standard InChI is InChI=1S/C13H13FN4O/c14-11-5-9(12-6-10(7-15)19-17-12)1-2-13(11)18-4-3-16-8-18/h1-5,8,10H,6-7,15H2. The quantitative estimate of drug-likeness (QED) is 0.908. The van der Waals surface area contributed by atoms with E-state index in [1.54, 1.807) is 29.4 Å². The molecule has 1 unspecified atom stereocenters. The Kier molecular flexibility index (Phi) is 3.00. The van der Waals surface area contributed by atoms with Crippen LogP contribution >= 0.6 is 0 Å². The summed E-state index contributed by atoms with van der Waals surface area (Å²) in [5, 5.41) is 3.94. The van der Waals surface area contributed by atoms with Gasteiger partial charge in [-0.2, -0.15) is 0 Å². The maximum atomic E-state index is 14.1. The molecule has 0 spiro atoms. The summed E-state index contributed by atoms with van der Waals surface area (Å²) in [6.07, 6.45) is 5.36. The van der Waals surface area contributed by atoms with Gasteiger partial charge in [0.1, 0.15) is 11.9 Å². The second-order valence-corrected chi connectivity index (χ2v) is 4.34. The van der Waals surface area contributed by atoms with E-state index in [-0.39, 0.29) is 11.9 Å². The molecule has 1 aliphatic rings. The van der Waals surface area contributed by atoms with Gasteiger partial charge < -0.3 is 15.1 Å². The summed E-state index contributed by atoms with van der Waals surface area (Å²) in [7, 11) is 0. The fourth-order valence-corrected chi connectivity index (χ4v) is 2.02. The van der Waals surface area contributed by atoms with Crippen molar-refractivity contribution in [2.24, 2.45) is 10.9 Å².